The van der Waals surface area contributed by atoms with Gasteiger partial charge in [0.05, 0.1) is 5.69 Å². The van der Waals surface area contributed by atoms with Crippen LogP contribution in [0.5, 0.6) is 0 Å². The normalized spacial score (nSPS) is 11.3. The molecule has 0 bridgehead atoms. The molecule has 2 N–H and O–H groups in total. The molecular weight excluding hydrogens is 214 g/mol. The Kier molecular flexibility index (Phi) is 1.60. The van der Waals surface area contributed by atoms with Crippen LogP contribution in [-0.2, 0) is 0 Å². The number of nitrogens with two attached hydrogens (primary N) is 1. The molecule has 3 aromatic rings. The number of hydrogen-bond acceptors (Lipinski definition) is 6. The molecule has 15 heavy (non-hydrogen) atoms. The van der Waals surface area contributed by atoms with Gasteiger partial charge >= 0.3 is 0 Å². The van der Waals surface area contributed by atoms with E-state index in [2.05, 4.69) is 10.3 Å². The summed E-state index contributed by atoms with van der Waals surface area (Å²) in [4.78, 5) is 1.02. The van der Waals surface area contributed by atoms with Crippen molar-refractivity contribution in [2.24, 2.45) is 0 Å². The van der Waals surface area contributed by atoms with Gasteiger partial charge in [-0.15, -0.1) is 11.3 Å². The molecule has 0 aromatic carbocycles. The predicted octanol–water partition coefficient (Wildman–Crippen LogP) is 2.43. The first-order chi connectivity index (χ1) is 7.27. The van der Waals surface area contributed by atoms with Crippen LogP contribution in [0.4, 0.5) is 5.69 Å². The van der Waals surface area contributed by atoms with E-state index in [4.69, 9.17) is 14.8 Å². The molecule has 3 aromatic heterocycles. The maximum atomic E-state index is 5.84. The lowest BCUT2D eigenvalue weighted by atomic mass is 10.3. The summed E-state index contributed by atoms with van der Waals surface area (Å²) < 4.78 is 10.9. The fourth-order valence-electron chi connectivity index (χ4n) is 1.41. The van der Waals surface area contributed by atoms with Gasteiger partial charge in [0, 0.05) is 10.9 Å². The Morgan fingerprint density at radius 2 is 2.27 bits per heavy atom. The first kappa shape index (κ1) is 8.49. The highest BCUT2D eigenvalue weighted by Gasteiger charge is 2.18. The van der Waals surface area contributed by atoms with Crippen molar-refractivity contribution in [3.8, 4) is 11.4 Å². The molecule has 0 radical (unpaired) electrons. The Labute approximate surface area is 88.4 Å². The summed E-state index contributed by atoms with van der Waals surface area (Å²) in [5.41, 5.74) is 8.47. The van der Waals surface area contributed by atoms with E-state index < -0.39 is 0 Å². The summed E-state index contributed by atoms with van der Waals surface area (Å²) in [7, 11) is 0. The highest BCUT2D eigenvalue weighted by molar-refractivity contribution is 7.20. The van der Waals surface area contributed by atoms with Gasteiger partial charge in [-0.3, -0.25) is 0 Å². The van der Waals surface area contributed by atoms with Gasteiger partial charge in [-0.2, -0.15) is 0 Å². The van der Waals surface area contributed by atoms with Crippen molar-refractivity contribution in [1.82, 2.24) is 10.3 Å². The van der Waals surface area contributed by atoms with Crippen LogP contribution in [0.25, 0.3) is 21.7 Å². The molecule has 6 heteroatoms. The lowest BCUT2D eigenvalue weighted by Crippen LogP contribution is -1.81. The number of nitrogens with zero attached hydrogens (tertiary/aromatic N) is 2. The van der Waals surface area contributed by atoms with Gasteiger partial charge in [0.15, 0.2) is 5.69 Å². The van der Waals surface area contributed by atoms with Crippen LogP contribution in [0, 0.1) is 6.92 Å². The number of thiophene rings is 1. The van der Waals surface area contributed by atoms with E-state index in [0.717, 1.165) is 9.58 Å². The summed E-state index contributed by atoms with van der Waals surface area (Å²) in [6, 6.07) is 1.74. The number of anilines is 1. The maximum absolute atomic E-state index is 5.84. The van der Waals surface area contributed by atoms with Crippen molar-refractivity contribution >= 4 is 27.3 Å². The molecule has 0 saturated heterocycles. The third-order valence-corrected chi connectivity index (χ3v) is 3.32. The van der Waals surface area contributed by atoms with Crippen LogP contribution < -0.4 is 5.73 Å². The van der Waals surface area contributed by atoms with Crippen LogP contribution in [0.15, 0.2) is 21.4 Å². The lowest BCUT2D eigenvalue weighted by Gasteiger charge is -1.85. The van der Waals surface area contributed by atoms with E-state index in [1.165, 1.54) is 6.26 Å². The van der Waals surface area contributed by atoms with Crippen molar-refractivity contribution < 1.29 is 9.05 Å². The van der Waals surface area contributed by atoms with Gasteiger partial charge in [-0.05, 0) is 6.92 Å². The van der Waals surface area contributed by atoms with Gasteiger partial charge in [-0.25, -0.2) is 0 Å². The van der Waals surface area contributed by atoms with Gasteiger partial charge in [0.25, 0.3) is 0 Å². The monoisotopic (exact) mass is 221 g/mol. The number of fused-ring (bicyclic) bond motifs is 1. The molecule has 0 spiro atoms. The van der Waals surface area contributed by atoms with Gasteiger partial charge in [0.1, 0.15) is 16.7 Å². The van der Waals surface area contributed by atoms with Crippen LogP contribution >= 0.6 is 11.3 Å². The zero-order valence-corrected chi connectivity index (χ0v) is 8.67. The molecule has 0 saturated carbocycles. The molecule has 76 valence electrons. The summed E-state index contributed by atoms with van der Waals surface area (Å²) in [6.07, 6.45) is 1.50. The van der Waals surface area contributed by atoms with E-state index in [1.54, 1.807) is 17.4 Å². The van der Waals surface area contributed by atoms with E-state index >= 15 is 0 Å². The highest BCUT2D eigenvalue weighted by atomic mass is 32.1. The van der Waals surface area contributed by atoms with Gasteiger partial charge in [0.2, 0.25) is 5.58 Å². The zero-order chi connectivity index (χ0) is 10.4. The molecule has 5 nitrogen and oxygen atoms in total. The average Bonchev–Trinajstić information content (AvgIpc) is 2.87. The number of hydrogen-bond donors (Lipinski definition) is 1. The largest absolute Gasteiger partial charge is 0.395 e. The number of aryl methyl sites for hydroxylation is 1. The van der Waals surface area contributed by atoms with Crippen molar-refractivity contribution in [2.75, 3.05) is 5.73 Å². The molecule has 0 aliphatic heterocycles. The van der Waals surface area contributed by atoms with Gasteiger partial charge < -0.3 is 14.8 Å². The third kappa shape index (κ3) is 1.08. The fourth-order valence-corrected chi connectivity index (χ4v) is 2.40. The van der Waals surface area contributed by atoms with E-state index in [1.807, 2.05) is 6.92 Å². The Balaban J connectivity index is 2.33. The topological polar surface area (TPSA) is 78.1 Å². The molecule has 0 unspecified atom stereocenters. The van der Waals surface area contributed by atoms with Crippen LogP contribution in [-0.4, -0.2) is 10.3 Å². The lowest BCUT2D eigenvalue weighted by molar-refractivity contribution is 0.419. The quantitative estimate of drug-likeness (QED) is 0.682. The predicted molar refractivity (Wildman–Crippen MR) is 56.5 cm³/mol. The molecule has 0 atom stereocenters. The van der Waals surface area contributed by atoms with Gasteiger partial charge in [-0.1, -0.05) is 10.3 Å². The Morgan fingerprint density at radius 3 is 3.00 bits per heavy atom. The summed E-state index contributed by atoms with van der Waals surface area (Å²) in [5.74, 6) is 0. The van der Waals surface area contributed by atoms with E-state index in [0.29, 0.717) is 22.7 Å². The smallest absolute Gasteiger partial charge is 0.201 e. The minimum absolute atomic E-state index is 0.635. The third-order valence-electron chi connectivity index (χ3n) is 2.21. The van der Waals surface area contributed by atoms with Crippen molar-refractivity contribution in [1.29, 1.82) is 0 Å². The summed E-state index contributed by atoms with van der Waals surface area (Å²) in [6.45, 7) is 1.95. The van der Waals surface area contributed by atoms with Crippen molar-refractivity contribution in [3.63, 3.8) is 0 Å². The first-order valence-corrected chi connectivity index (χ1v) is 5.14. The zero-order valence-electron chi connectivity index (χ0n) is 7.85. The van der Waals surface area contributed by atoms with E-state index in [9.17, 15) is 0 Å². The fraction of sp³-hybridized carbons (Fsp3) is 0.111. The summed E-state index contributed by atoms with van der Waals surface area (Å²) in [5, 5.41) is 7.75. The van der Waals surface area contributed by atoms with Crippen LogP contribution in [0.1, 0.15) is 4.88 Å². The molecule has 3 rings (SSSR count). The number of nitrogen functional groups attached to an aromatic ring is 1. The first-order valence-electron chi connectivity index (χ1n) is 4.32. The number of aromatic nitrogens is 2. The standard InChI is InChI=1S/C9H7N3O2S/c1-4-6(10)8-9(15-4)7(12-14-8)5-2-3-13-11-5/h2-3H,10H2,1H3. The molecule has 0 aliphatic rings. The molecule has 3 heterocycles. The molecular formula is C9H7N3O2S. The molecule has 0 amide bonds. The highest BCUT2D eigenvalue weighted by Crippen LogP contribution is 2.38. The van der Waals surface area contributed by atoms with Crippen molar-refractivity contribution in [2.45, 2.75) is 6.92 Å². The van der Waals surface area contributed by atoms with E-state index in [-0.39, 0.29) is 0 Å². The van der Waals surface area contributed by atoms with Crippen LogP contribution in [0.3, 0.4) is 0 Å². The average molecular weight is 221 g/mol. The summed E-state index contributed by atoms with van der Waals surface area (Å²) >= 11 is 1.55. The van der Waals surface area contributed by atoms with Crippen molar-refractivity contribution in [3.05, 3.63) is 17.2 Å². The van der Waals surface area contributed by atoms with Crippen LogP contribution in [0.2, 0.25) is 0 Å². The SMILES string of the molecule is Cc1sc2c(-c3ccon3)noc2c1N. The maximum Gasteiger partial charge on any atom is 0.201 e. The molecule has 0 fully saturated rings. The minimum Gasteiger partial charge on any atom is -0.395 e. The minimum atomic E-state index is 0.635. The Morgan fingerprint density at radius 1 is 1.40 bits per heavy atom. The molecule has 0 aliphatic carbocycles. The second-order valence-corrected chi connectivity index (χ2v) is 4.37. The number of rotatable bonds is 1. The Hall–Kier alpha value is -1.82. The Bertz CT molecular complexity index is 609. The second kappa shape index (κ2) is 2.83. The second-order valence-electron chi connectivity index (χ2n) is 3.15.